The van der Waals surface area contributed by atoms with Crippen LogP contribution in [-0.2, 0) is 0 Å². The molecule has 56 valence electrons. The highest BCUT2D eigenvalue weighted by atomic mass is 79.9. The van der Waals surface area contributed by atoms with Crippen molar-refractivity contribution in [1.29, 1.82) is 5.26 Å². The quantitative estimate of drug-likeness (QED) is 0.738. The lowest BCUT2D eigenvalue weighted by Gasteiger charge is -1.98. The molecule has 2 N–H and O–H groups in total. The topological polar surface area (TPSA) is 62.7 Å². The molecule has 0 spiro atoms. The Morgan fingerprint density at radius 3 is 2.64 bits per heavy atom. The number of pyridine rings is 1. The molecule has 0 aliphatic heterocycles. The Morgan fingerprint density at radius 1 is 1.55 bits per heavy atom. The van der Waals surface area contributed by atoms with Crippen molar-refractivity contribution in [2.24, 2.45) is 0 Å². The van der Waals surface area contributed by atoms with Crippen LogP contribution in [0, 0.1) is 11.3 Å². The minimum atomic E-state index is 0.369. The van der Waals surface area contributed by atoms with Gasteiger partial charge in [-0.3, -0.25) is 0 Å². The summed E-state index contributed by atoms with van der Waals surface area (Å²) in [6.45, 7) is 0. The fourth-order valence-corrected chi connectivity index (χ4v) is 1.78. The number of nitrogen functional groups attached to an aromatic ring is 1. The van der Waals surface area contributed by atoms with Gasteiger partial charge in [0.15, 0.2) is 0 Å². The molecule has 0 atom stereocenters. The molecule has 1 aromatic rings. The van der Waals surface area contributed by atoms with Crippen molar-refractivity contribution in [2.45, 2.75) is 0 Å². The second-order valence-electron chi connectivity index (χ2n) is 1.81. The minimum absolute atomic E-state index is 0.369. The third-order valence-corrected chi connectivity index (χ3v) is 2.07. The van der Waals surface area contributed by atoms with Crippen LogP contribution < -0.4 is 5.73 Å². The molecule has 1 heterocycles. The van der Waals surface area contributed by atoms with Crippen molar-refractivity contribution < 1.29 is 0 Å². The van der Waals surface area contributed by atoms with Crippen LogP contribution in [-0.4, -0.2) is 4.98 Å². The number of nitrogens with zero attached hydrogens (tertiary/aromatic N) is 2. The third kappa shape index (κ3) is 1.70. The summed E-state index contributed by atoms with van der Waals surface area (Å²) in [5.41, 5.74) is 6.30. The molecule has 0 radical (unpaired) electrons. The first-order valence-electron chi connectivity index (χ1n) is 2.66. The average Bonchev–Trinajstić information content (AvgIpc) is 1.85. The van der Waals surface area contributed by atoms with Gasteiger partial charge >= 0.3 is 0 Å². The van der Waals surface area contributed by atoms with Gasteiger partial charge < -0.3 is 5.73 Å². The Bertz CT molecular complexity index is 306. The zero-order valence-corrected chi connectivity index (χ0v) is 8.48. The zero-order valence-electron chi connectivity index (χ0n) is 5.31. The molecular formula is C6H3Br2N3. The maximum absolute atomic E-state index is 8.57. The molecule has 0 bridgehead atoms. The summed E-state index contributed by atoms with van der Waals surface area (Å²) in [6, 6.07) is 3.52. The molecule has 0 aliphatic rings. The van der Waals surface area contributed by atoms with Crippen LogP contribution in [0.4, 0.5) is 5.69 Å². The van der Waals surface area contributed by atoms with E-state index < -0.39 is 0 Å². The lowest BCUT2D eigenvalue weighted by atomic mass is 10.3. The minimum Gasteiger partial charge on any atom is -0.397 e. The van der Waals surface area contributed by atoms with Crippen molar-refractivity contribution in [1.82, 2.24) is 4.98 Å². The highest BCUT2D eigenvalue weighted by molar-refractivity contribution is 9.11. The van der Waals surface area contributed by atoms with E-state index in [1.54, 1.807) is 6.07 Å². The second-order valence-corrected chi connectivity index (χ2v) is 3.38. The van der Waals surface area contributed by atoms with Crippen LogP contribution in [0.2, 0.25) is 0 Å². The van der Waals surface area contributed by atoms with Crippen LogP contribution in [0.5, 0.6) is 0 Å². The van der Waals surface area contributed by atoms with Crippen LogP contribution >= 0.6 is 31.9 Å². The van der Waals surface area contributed by atoms with E-state index in [2.05, 4.69) is 36.8 Å². The van der Waals surface area contributed by atoms with Crippen molar-refractivity contribution in [3.05, 3.63) is 20.8 Å². The lowest BCUT2D eigenvalue weighted by Crippen LogP contribution is -1.93. The SMILES string of the molecule is N#Cc1c(N)cc(Br)nc1Br. The molecule has 0 unspecified atom stereocenters. The van der Waals surface area contributed by atoms with E-state index in [0.717, 1.165) is 0 Å². The van der Waals surface area contributed by atoms with Gasteiger partial charge in [-0.15, -0.1) is 0 Å². The Kier molecular flexibility index (Phi) is 2.47. The summed E-state index contributed by atoms with van der Waals surface area (Å²) in [6.07, 6.45) is 0. The van der Waals surface area contributed by atoms with Gasteiger partial charge in [0.1, 0.15) is 20.8 Å². The predicted molar refractivity (Wildman–Crippen MR) is 48.8 cm³/mol. The van der Waals surface area contributed by atoms with E-state index in [1.807, 2.05) is 6.07 Å². The number of anilines is 1. The van der Waals surface area contributed by atoms with Crippen LogP contribution in [0.3, 0.4) is 0 Å². The van der Waals surface area contributed by atoms with Crippen LogP contribution in [0.15, 0.2) is 15.3 Å². The Balaban J connectivity index is 3.40. The first-order valence-corrected chi connectivity index (χ1v) is 4.25. The van der Waals surface area contributed by atoms with Crippen LogP contribution in [0.1, 0.15) is 5.56 Å². The van der Waals surface area contributed by atoms with Gasteiger partial charge in [-0.25, -0.2) is 4.98 Å². The molecule has 5 heteroatoms. The molecular weight excluding hydrogens is 274 g/mol. The van der Waals surface area contributed by atoms with E-state index in [4.69, 9.17) is 11.0 Å². The Labute approximate surface area is 80.5 Å². The van der Waals surface area contributed by atoms with Crippen molar-refractivity contribution >= 4 is 37.5 Å². The summed E-state index contributed by atoms with van der Waals surface area (Å²) >= 11 is 6.26. The molecule has 3 nitrogen and oxygen atoms in total. The number of rotatable bonds is 0. The first-order chi connectivity index (χ1) is 5.15. The Morgan fingerprint density at radius 2 is 2.18 bits per heavy atom. The van der Waals surface area contributed by atoms with E-state index in [9.17, 15) is 0 Å². The highest BCUT2D eigenvalue weighted by Gasteiger charge is 2.05. The number of hydrogen-bond acceptors (Lipinski definition) is 3. The molecule has 0 fully saturated rings. The number of nitrogens with two attached hydrogens (primary N) is 1. The van der Waals surface area contributed by atoms with Crippen molar-refractivity contribution in [3.8, 4) is 6.07 Å². The fourth-order valence-electron chi connectivity index (χ4n) is 0.612. The lowest BCUT2D eigenvalue weighted by molar-refractivity contribution is 1.21. The molecule has 1 rings (SSSR count). The summed E-state index contributed by atoms with van der Waals surface area (Å²) in [5.74, 6) is 0. The average molecular weight is 277 g/mol. The van der Waals surface area contributed by atoms with Gasteiger partial charge in [-0.1, -0.05) is 0 Å². The number of aromatic nitrogens is 1. The van der Waals surface area contributed by atoms with Gasteiger partial charge in [0.2, 0.25) is 0 Å². The van der Waals surface area contributed by atoms with Gasteiger partial charge in [0, 0.05) is 0 Å². The summed E-state index contributed by atoms with van der Waals surface area (Å²) in [7, 11) is 0. The highest BCUT2D eigenvalue weighted by Crippen LogP contribution is 2.22. The largest absolute Gasteiger partial charge is 0.397 e. The molecule has 0 saturated carbocycles. The maximum Gasteiger partial charge on any atom is 0.127 e. The zero-order chi connectivity index (χ0) is 8.43. The first kappa shape index (κ1) is 8.50. The van der Waals surface area contributed by atoms with Crippen LogP contribution in [0.25, 0.3) is 0 Å². The maximum atomic E-state index is 8.57. The Hall–Kier alpha value is -0.600. The van der Waals surface area contributed by atoms with Crippen molar-refractivity contribution in [2.75, 3.05) is 5.73 Å². The number of nitriles is 1. The summed E-state index contributed by atoms with van der Waals surface area (Å²) < 4.78 is 1.08. The standard InChI is InChI=1S/C6H3Br2N3/c7-5-1-4(10)3(2-9)6(8)11-5/h1H,(H2,10,11). The van der Waals surface area contributed by atoms with E-state index >= 15 is 0 Å². The smallest absolute Gasteiger partial charge is 0.127 e. The molecule has 11 heavy (non-hydrogen) atoms. The van der Waals surface area contributed by atoms with Gasteiger partial charge in [0.05, 0.1) is 5.69 Å². The molecule has 0 amide bonds. The molecule has 0 aliphatic carbocycles. The number of halogens is 2. The van der Waals surface area contributed by atoms with Crippen molar-refractivity contribution in [3.63, 3.8) is 0 Å². The normalized spacial score (nSPS) is 9.18. The van der Waals surface area contributed by atoms with E-state index in [-0.39, 0.29) is 0 Å². The van der Waals surface area contributed by atoms with Gasteiger partial charge in [-0.2, -0.15) is 5.26 Å². The fraction of sp³-hybridized carbons (Fsp3) is 0. The summed E-state index contributed by atoms with van der Waals surface area (Å²) in [5, 5.41) is 8.57. The predicted octanol–water partition coefficient (Wildman–Crippen LogP) is 2.06. The van der Waals surface area contributed by atoms with E-state index in [1.165, 1.54) is 0 Å². The third-order valence-electron chi connectivity index (χ3n) is 1.09. The molecule has 0 aromatic carbocycles. The monoisotopic (exact) mass is 275 g/mol. The molecule has 0 saturated heterocycles. The second kappa shape index (κ2) is 3.20. The summed E-state index contributed by atoms with van der Waals surface area (Å²) in [4.78, 5) is 3.94. The molecule has 1 aromatic heterocycles. The van der Waals surface area contributed by atoms with Gasteiger partial charge in [0.25, 0.3) is 0 Å². The number of hydrogen-bond donors (Lipinski definition) is 1. The van der Waals surface area contributed by atoms with E-state index in [0.29, 0.717) is 20.5 Å². The van der Waals surface area contributed by atoms with Gasteiger partial charge in [-0.05, 0) is 37.9 Å².